The molecule has 0 atom stereocenters. The fraction of sp³-hybridized carbons (Fsp3) is 0.333. The van der Waals surface area contributed by atoms with Crippen LogP contribution in [-0.4, -0.2) is 18.9 Å². The molecule has 0 aromatic heterocycles. The monoisotopic (exact) mass is 206 g/mol. The zero-order chi connectivity index (χ0) is 11.4. The van der Waals surface area contributed by atoms with Crippen LogP contribution in [0, 0.1) is 5.92 Å². The van der Waals surface area contributed by atoms with Gasteiger partial charge in [0.15, 0.2) is 5.78 Å². The number of ether oxygens (including phenoxy) is 1. The van der Waals surface area contributed by atoms with E-state index in [1.54, 1.807) is 38.1 Å². The molecule has 0 spiro atoms. The second-order valence-electron chi connectivity index (χ2n) is 3.56. The minimum absolute atomic E-state index is 0.0454. The van der Waals surface area contributed by atoms with Gasteiger partial charge in [0.2, 0.25) is 0 Å². The molecule has 3 nitrogen and oxygen atoms in total. The van der Waals surface area contributed by atoms with Gasteiger partial charge in [0.1, 0.15) is 0 Å². The lowest BCUT2D eigenvalue weighted by molar-refractivity contribution is 0.0596. The molecule has 0 aliphatic rings. The molecule has 0 saturated heterocycles. The average Bonchev–Trinajstić information content (AvgIpc) is 2.27. The molecule has 0 aliphatic heterocycles. The Kier molecular flexibility index (Phi) is 3.61. The highest BCUT2D eigenvalue weighted by Gasteiger charge is 2.18. The van der Waals surface area contributed by atoms with E-state index in [-0.39, 0.29) is 11.7 Å². The van der Waals surface area contributed by atoms with Crippen LogP contribution in [0.15, 0.2) is 24.3 Å². The van der Waals surface area contributed by atoms with Gasteiger partial charge in [0, 0.05) is 11.5 Å². The van der Waals surface area contributed by atoms with E-state index in [1.807, 2.05) is 0 Å². The van der Waals surface area contributed by atoms with E-state index in [4.69, 9.17) is 0 Å². The number of carbonyl (C=O) groups excluding carboxylic acids is 2. The van der Waals surface area contributed by atoms with Crippen LogP contribution in [-0.2, 0) is 4.74 Å². The molecular weight excluding hydrogens is 192 g/mol. The van der Waals surface area contributed by atoms with Crippen LogP contribution in [0.1, 0.15) is 34.6 Å². The summed E-state index contributed by atoms with van der Waals surface area (Å²) in [6.45, 7) is 3.60. The van der Waals surface area contributed by atoms with Crippen molar-refractivity contribution in [2.45, 2.75) is 13.8 Å². The first-order chi connectivity index (χ1) is 7.07. The van der Waals surface area contributed by atoms with E-state index >= 15 is 0 Å². The van der Waals surface area contributed by atoms with E-state index in [0.29, 0.717) is 11.1 Å². The van der Waals surface area contributed by atoms with Crippen molar-refractivity contribution in [3.63, 3.8) is 0 Å². The van der Waals surface area contributed by atoms with Crippen LogP contribution in [0.3, 0.4) is 0 Å². The van der Waals surface area contributed by atoms with Gasteiger partial charge in [-0.3, -0.25) is 4.79 Å². The van der Waals surface area contributed by atoms with Gasteiger partial charge in [0.25, 0.3) is 0 Å². The third kappa shape index (κ3) is 2.43. The van der Waals surface area contributed by atoms with Crippen molar-refractivity contribution >= 4 is 11.8 Å². The van der Waals surface area contributed by atoms with Gasteiger partial charge in [0.05, 0.1) is 12.7 Å². The summed E-state index contributed by atoms with van der Waals surface area (Å²) in [5, 5.41) is 0. The summed E-state index contributed by atoms with van der Waals surface area (Å²) in [6, 6.07) is 6.70. The highest BCUT2D eigenvalue weighted by Crippen LogP contribution is 2.14. The minimum Gasteiger partial charge on any atom is -0.465 e. The van der Waals surface area contributed by atoms with Crippen LogP contribution in [0.2, 0.25) is 0 Å². The molecule has 1 aromatic carbocycles. The van der Waals surface area contributed by atoms with Crippen molar-refractivity contribution in [1.29, 1.82) is 0 Å². The topological polar surface area (TPSA) is 43.4 Å². The van der Waals surface area contributed by atoms with Gasteiger partial charge >= 0.3 is 5.97 Å². The van der Waals surface area contributed by atoms with E-state index < -0.39 is 5.97 Å². The van der Waals surface area contributed by atoms with Crippen molar-refractivity contribution < 1.29 is 14.3 Å². The lowest BCUT2D eigenvalue weighted by Gasteiger charge is -2.08. The quantitative estimate of drug-likeness (QED) is 0.563. The number of methoxy groups -OCH3 is 1. The summed E-state index contributed by atoms with van der Waals surface area (Å²) in [4.78, 5) is 23.2. The predicted octanol–water partition coefficient (Wildman–Crippen LogP) is 2.31. The Balaban J connectivity index is 3.18. The number of hydrogen-bond donors (Lipinski definition) is 0. The van der Waals surface area contributed by atoms with Crippen molar-refractivity contribution in [2.24, 2.45) is 5.92 Å². The van der Waals surface area contributed by atoms with Gasteiger partial charge in [-0.25, -0.2) is 4.79 Å². The fourth-order valence-electron chi connectivity index (χ4n) is 1.30. The Bertz CT molecular complexity index is 380. The molecule has 0 radical (unpaired) electrons. The summed E-state index contributed by atoms with van der Waals surface area (Å²) in [5.41, 5.74) is 0.762. The summed E-state index contributed by atoms with van der Waals surface area (Å²) < 4.78 is 4.62. The molecule has 80 valence electrons. The average molecular weight is 206 g/mol. The molecule has 0 amide bonds. The Morgan fingerprint density at radius 1 is 1.13 bits per heavy atom. The predicted molar refractivity (Wildman–Crippen MR) is 57.0 cm³/mol. The second kappa shape index (κ2) is 4.73. The second-order valence-corrected chi connectivity index (χ2v) is 3.56. The first-order valence-electron chi connectivity index (χ1n) is 4.79. The standard InChI is InChI=1S/C12H14O3/c1-8(2)11(13)9-6-4-5-7-10(9)12(14)15-3/h4-8H,1-3H3. The third-order valence-corrected chi connectivity index (χ3v) is 2.12. The summed E-state index contributed by atoms with van der Waals surface area (Å²) in [6.07, 6.45) is 0. The first-order valence-corrected chi connectivity index (χ1v) is 4.79. The normalized spacial score (nSPS) is 10.1. The van der Waals surface area contributed by atoms with Crippen molar-refractivity contribution in [3.8, 4) is 0 Å². The maximum Gasteiger partial charge on any atom is 0.338 e. The summed E-state index contributed by atoms with van der Waals surface area (Å²) in [5.74, 6) is -0.647. The Labute approximate surface area is 89.1 Å². The van der Waals surface area contributed by atoms with Crippen molar-refractivity contribution in [2.75, 3.05) is 7.11 Å². The lowest BCUT2D eigenvalue weighted by atomic mass is 9.96. The molecule has 0 heterocycles. The van der Waals surface area contributed by atoms with E-state index in [2.05, 4.69) is 4.74 Å². The van der Waals surface area contributed by atoms with E-state index in [1.165, 1.54) is 7.11 Å². The number of ketones is 1. The van der Waals surface area contributed by atoms with E-state index in [9.17, 15) is 9.59 Å². The fourth-order valence-corrected chi connectivity index (χ4v) is 1.30. The summed E-state index contributed by atoms with van der Waals surface area (Å²) in [7, 11) is 1.30. The van der Waals surface area contributed by atoms with Gasteiger partial charge in [-0.2, -0.15) is 0 Å². The number of Topliss-reactive ketones (excluding diaryl/α,β-unsaturated/α-hetero) is 1. The molecule has 15 heavy (non-hydrogen) atoms. The van der Waals surface area contributed by atoms with Crippen molar-refractivity contribution in [1.82, 2.24) is 0 Å². The molecule has 0 unspecified atom stereocenters. The molecule has 0 fully saturated rings. The maximum absolute atomic E-state index is 11.8. The Hall–Kier alpha value is -1.64. The molecule has 3 heteroatoms. The van der Waals surface area contributed by atoms with Crippen LogP contribution in [0.25, 0.3) is 0 Å². The highest BCUT2D eigenvalue weighted by atomic mass is 16.5. The highest BCUT2D eigenvalue weighted by molar-refractivity contribution is 6.06. The van der Waals surface area contributed by atoms with Gasteiger partial charge in [-0.15, -0.1) is 0 Å². The molecule has 0 saturated carbocycles. The summed E-state index contributed by atoms with van der Waals surface area (Å²) >= 11 is 0. The smallest absolute Gasteiger partial charge is 0.338 e. The van der Waals surface area contributed by atoms with Gasteiger partial charge in [-0.1, -0.05) is 32.0 Å². The van der Waals surface area contributed by atoms with Crippen LogP contribution in [0.5, 0.6) is 0 Å². The molecule has 1 rings (SSSR count). The number of rotatable bonds is 3. The SMILES string of the molecule is COC(=O)c1ccccc1C(=O)C(C)C. The zero-order valence-corrected chi connectivity index (χ0v) is 9.11. The molecule has 0 aliphatic carbocycles. The number of carbonyl (C=O) groups is 2. The first kappa shape index (κ1) is 11.4. The number of benzene rings is 1. The maximum atomic E-state index is 11.8. The molecular formula is C12H14O3. The van der Waals surface area contributed by atoms with Crippen molar-refractivity contribution in [3.05, 3.63) is 35.4 Å². The molecule has 0 N–H and O–H groups in total. The van der Waals surface area contributed by atoms with Crippen LogP contribution < -0.4 is 0 Å². The van der Waals surface area contributed by atoms with Gasteiger partial charge in [-0.05, 0) is 6.07 Å². The minimum atomic E-state index is -0.473. The van der Waals surface area contributed by atoms with E-state index in [0.717, 1.165) is 0 Å². The Morgan fingerprint density at radius 2 is 1.67 bits per heavy atom. The van der Waals surface area contributed by atoms with Gasteiger partial charge < -0.3 is 4.74 Å². The molecule has 1 aromatic rings. The zero-order valence-electron chi connectivity index (χ0n) is 9.11. The van der Waals surface area contributed by atoms with Crippen LogP contribution in [0.4, 0.5) is 0 Å². The largest absolute Gasteiger partial charge is 0.465 e. The molecule has 0 bridgehead atoms. The third-order valence-electron chi connectivity index (χ3n) is 2.12. The number of hydrogen-bond acceptors (Lipinski definition) is 3. The lowest BCUT2D eigenvalue weighted by Crippen LogP contribution is -2.14. The number of esters is 1. The Morgan fingerprint density at radius 3 is 2.13 bits per heavy atom. The van der Waals surface area contributed by atoms with Crippen LogP contribution >= 0.6 is 0 Å².